The van der Waals surface area contributed by atoms with Gasteiger partial charge in [0.1, 0.15) is 17.1 Å². The summed E-state index contributed by atoms with van der Waals surface area (Å²) < 4.78 is 25.5. The van der Waals surface area contributed by atoms with Crippen LogP contribution in [0.5, 0.6) is 11.5 Å². The molecule has 10 rings (SSSR count). The maximum Gasteiger partial charge on any atom is 0.188 e. The third-order valence-corrected chi connectivity index (χ3v) is 15.3. The van der Waals surface area contributed by atoms with Crippen molar-refractivity contribution in [2.45, 2.75) is 6.17 Å². The summed E-state index contributed by atoms with van der Waals surface area (Å²) in [5.41, 5.74) is 5.42. The van der Waals surface area contributed by atoms with Crippen molar-refractivity contribution >= 4 is 50.8 Å². The van der Waals surface area contributed by atoms with E-state index in [9.17, 15) is 0 Å². The van der Waals surface area contributed by atoms with Crippen LogP contribution < -0.4 is 25.5 Å². The molecule has 0 fully saturated rings. The SMILES string of the molecule is FC(c1cccc(-c2ccccn2)c1)c1cccc(-n2c3cc4c(cc3c3cccnc32)[Si](c2ccccc2)(c2ccccc2)c2ccccc2O4)c1. The molecule has 0 amide bonds. The Morgan fingerprint density at radius 2 is 1.23 bits per heavy atom. The van der Waals surface area contributed by atoms with Gasteiger partial charge in [0.05, 0.1) is 11.2 Å². The predicted molar refractivity (Wildman–Crippen MR) is 215 cm³/mol. The molecule has 3 aromatic heterocycles. The molecule has 252 valence electrons. The van der Waals surface area contributed by atoms with Gasteiger partial charge in [-0.2, -0.15) is 0 Å². The zero-order valence-electron chi connectivity index (χ0n) is 28.6. The number of benzene rings is 6. The lowest BCUT2D eigenvalue weighted by Gasteiger charge is -2.39. The smallest absolute Gasteiger partial charge is 0.188 e. The first kappa shape index (κ1) is 31.1. The van der Waals surface area contributed by atoms with Gasteiger partial charge in [0, 0.05) is 40.5 Å². The Morgan fingerprint density at radius 3 is 2.00 bits per heavy atom. The Labute approximate surface area is 307 Å². The lowest BCUT2D eigenvalue weighted by Crippen LogP contribution is -2.76. The summed E-state index contributed by atoms with van der Waals surface area (Å²) in [4.78, 5) is 9.40. The van der Waals surface area contributed by atoms with E-state index in [1.54, 1.807) is 6.20 Å². The van der Waals surface area contributed by atoms with Gasteiger partial charge in [-0.25, -0.2) is 9.37 Å². The first-order chi connectivity index (χ1) is 26.2. The molecule has 0 radical (unpaired) electrons. The molecule has 0 bridgehead atoms. The maximum atomic E-state index is 16.5. The van der Waals surface area contributed by atoms with Crippen LogP contribution in [0.4, 0.5) is 4.39 Å². The average Bonchev–Trinajstić information content (AvgIpc) is 3.56. The molecule has 6 heteroatoms. The van der Waals surface area contributed by atoms with Crippen LogP contribution in [0.3, 0.4) is 0 Å². The molecule has 4 heterocycles. The second-order valence-corrected chi connectivity index (χ2v) is 17.2. The third-order valence-electron chi connectivity index (χ3n) is 10.5. The van der Waals surface area contributed by atoms with Gasteiger partial charge in [-0.1, -0.05) is 115 Å². The van der Waals surface area contributed by atoms with Crippen molar-refractivity contribution in [2.24, 2.45) is 0 Å². The largest absolute Gasteiger partial charge is 0.457 e. The van der Waals surface area contributed by atoms with Crippen molar-refractivity contribution in [2.75, 3.05) is 0 Å². The topological polar surface area (TPSA) is 39.9 Å². The van der Waals surface area contributed by atoms with Crippen LogP contribution in [0.15, 0.2) is 188 Å². The van der Waals surface area contributed by atoms with E-state index >= 15 is 4.39 Å². The summed E-state index contributed by atoms with van der Waals surface area (Å²) in [6, 6.07) is 60.0. The lowest BCUT2D eigenvalue weighted by molar-refractivity contribution is 0.402. The molecule has 0 N–H and O–H groups in total. The van der Waals surface area contributed by atoms with Gasteiger partial charge in [-0.15, -0.1) is 0 Å². The Balaban J connectivity index is 1.19. The van der Waals surface area contributed by atoms with Crippen LogP contribution in [-0.2, 0) is 0 Å². The number of pyridine rings is 2. The molecule has 1 unspecified atom stereocenters. The summed E-state index contributed by atoms with van der Waals surface area (Å²) in [5, 5.41) is 7.09. The summed E-state index contributed by atoms with van der Waals surface area (Å²) in [7, 11) is -2.85. The molecule has 6 aromatic carbocycles. The zero-order chi connectivity index (χ0) is 35.4. The van der Waals surface area contributed by atoms with Crippen molar-refractivity contribution in [3.8, 4) is 28.4 Å². The highest BCUT2D eigenvalue weighted by atomic mass is 28.3. The second kappa shape index (κ2) is 12.5. The Hall–Kier alpha value is -6.63. The fourth-order valence-electron chi connectivity index (χ4n) is 8.21. The molecule has 0 saturated carbocycles. The number of aromatic nitrogens is 3. The number of halogens is 1. The maximum absolute atomic E-state index is 16.5. The number of alkyl halides is 1. The summed E-state index contributed by atoms with van der Waals surface area (Å²) >= 11 is 0. The van der Waals surface area contributed by atoms with Crippen LogP contribution in [0.2, 0.25) is 0 Å². The van der Waals surface area contributed by atoms with Crippen LogP contribution in [0.1, 0.15) is 17.3 Å². The number of ether oxygens (including phenoxy) is 1. The number of para-hydroxylation sites is 1. The van der Waals surface area contributed by atoms with Gasteiger partial charge in [0.15, 0.2) is 14.2 Å². The van der Waals surface area contributed by atoms with E-state index < -0.39 is 14.2 Å². The molecule has 53 heavy (non-hydrogen) atoms. The second-order valence-electron chi connectivity index (χ2n) is 13.5. The van der Waals surface area contributed by atoms with Gasteiger partial charge in [-0.05, 0) is 86.5 Å². The molecule has 1 aliphatic rings. The van der Waals surface area contributed by atoms with Crippen molar-refractivity contribution in [3.63, 3.8) is 0 Å². The Kier molecular flexibility index (Phi) is 7.37. The number of hydrogen-bond donors (Lipinski definition) is 0. The highest BCUT2D eigenvalue weighted by Crippen LogP contribution is 2.38. The number of rotatable bonds is 6. The Bertz CT molecular complexity index is 2750. The molecule has 0 saturated heterocycles. The monoisotopic (exact) mass is 701 g/mol. The van der Waals surface area contributed by atoms with Gasteiger partial charge < -0.3 is 4.74 Å². The molecule has 0 spiro atoms. The lowest BCUT2D eigenvalue weighted by atomic mass is 9.99. The molecule has 0 aliphatic carbocycles. The van der Waals surface area contributed by atoms with Crippen LogP contribution >= 0.6 is 0 Å². The fraction of sp³-hybridized carbons (Fsp3) is 0.0213. The predicted octanol–water partition coefficient (Wildman–Crippen LogP) is 8.78. The third kappa shape index (κ3) is 4.94. The standard InChI is InChI=1S/C47H32FN3OSi/c48-46(33-15-11-14-32(28-33)40-23-9-10-26-49-40)34-16-12-17-35(29-34)51-41-31-43-45(30-39(41)38-22-13-27-50-47(38)51)53(36-18-3-1-4-19-36,37-20-5-2-6-21-37)44-25-8-7-24-42(44)52-43/h1-31,46H. The van der Waals surface area contributed by atoms with Gasteiger partial charge in [-0.3, -0.25) is 9.55 Å². The highest BCUT2D eigenvalue weighted by molar-refractivity contribution is 7.20. The molecule has 1 aliphatic heterocycles. The minimum atomic E-state index is -2.85. The molecule has 4 nitrogen and oxygen atoms in total. The number of hydrogen-bond acceptors (Lipinski definition) is 3. The minimum absolute atomic E-state index is 0.564. The van der Waals surface area contributed by atoms with Crippen molar-refractivity contribution in [3.05, 3.63) is 199 Å². The average molecular weight is 702 g/mol. The van der Waals surface area contributed by atoms with E-state index in [1.807, 2.05) is 85.1 Å². The van der Waals surface area contributed by atoms with Crippen LogP contribution in [0, 0.1) is 0 Å². The summed E-state index contributed by atoms with van der Waals surface area (Å²) in [5.74, 6) is 1.69. The Morgan fingerprint density at radius 1 is 0.528 bits per heavy atom. The minimum Gasteiger partial charge on any atom is -0.457 e. The summed E-state index contributed by atoms with van der Waals surface area (Å²) in [6.07, 6.45) is 2.24. The zero-order valence-corrected chi connectivity index (χ0v) is 29.6. The van der Waals surface area contributed by atoms with Crippen molar-refractivity contribution in [1.82, 2.24) is 14.5 Å². The molecule has 9 aromatic rings. The molecular formula is C47H32FN3OSi. The van der Waals surface area contributed by atoms with Gasteiger partial charge in [0.25, 0.3) is 0 Å². The molecule has 1 atom stereocenters. The fourth-order valence-corrected chi connectivity index (χ4v) is 13.2. The first-order valence-electron chi connectivity index (χ1n) is 17.8. The summed E-state index contributed by atoms with van der Waals surface area (Å²) in [6.45, 7) is 0. The normalized spacial score (nSPS) is 13.6. The van der Waals surface area contributed by atoms with Crippen molar-refractivity contribution < 1.29 is 9.13 Å². The van der Waals surface area contributed by atoms with Gasteiger partial charge in [0.2, 0.25) is 0 Å². The van der Waals surface area contributed by atoms with E-state index in [-0.39, 0.29) is 0 Å². The van der Waals surface area contributed by atoms with Gasteiger partial charge >= 0.3 is 0 Å². The quantitative estimate of drug-likeness (QED) is 0.163. The van der Waals surface area contributed by atoms with E-state index in [2.05, 4.69) is 107 Å². The number of fused-ring (bicyclic) bond motifs is 5. The van der Waals surface area contributed by atoms with E-state index in [4.69, 9.17) is 9.72 Å². The van der Waals surface area contributed by atoms with E-state index in [0.29, 0.717) is 11.1 Å². The number of nitrogens with zero attached hydrogens (tertiary/aromatic N) is 3. The van der Waals surface area contributed by atoms with Crippen LogP contribution in [-0.4, -0.2) is 22.6 Å². The van der Waals surface area contributed by atoms with E-state index in [0.717, 1.165) is 50.4 Å². The van der Waals surface area contributed by atoms with Crippen molar-refractivity contribution in [1.29, 1.82) is 0 Å². The van der Waals surface area contributed by atoms with Crippen LogP contribution in [0.25, 0.3) is 38.9 Å². The van der Waals surface area contributed by atoms with E-state index in [1.165, 1.54) is 20.7 Å². The molecular weight excluding hydrogens is 670 g/mol. The first-order valence-corrected chi connectivity index (χ1v) is 19.8. The highest BCUT2D eigenvalue weighted by Gasteiger charge is 2.48.